The van der Waals surface area contributed by atoms with Crippen LogP contribution in [0, 0.1) is 0 Å². The minimum absolute atomic E-state index is 0.0432. The van der Waals surface area contributed by atoms with Gasteiger partial charge in [-0.25, -0.2) is 4.79 Å². The molecule has 0 spiro atoms. The molecule has 2 saturated heterocycles. The number of urea groups is 1. The molecule has 0 saturated carbocycles. The van der Waals surface area contributed by atoms with Crippen molar-refractivity contribution in [2.75, 3.05) is 26.2 Å². The van der Waals surface area contributed by atoms with Gasteiger partial charge in [-0.1, -0.05) is 18.2 Å². The molecule has 1 aromatic carbocycles. The number of carbonyl (C=O) groups is 4. The van der Waals surface area contributed by atoms with Crippen LogP contribution in [0.5, 0.6) is 0 Å². The first-order valence-corrected chi connectivity index (χ1v) is 9.78. The predicted molar refractivity (Wildman–Crippen MR) is 102 cm³/mol. The maximum absolute atomic E-state index is 12.8. The van der Waals surface area contributed by atoms with Crippen molar-refractivity contribution in [3.05, 3.63) is 35.9 Å². The highest BCUT2D eigenvalue weighted by Crippen LogP contribution is 2.14. The Morgan fingerprint density at radius 1 is 0.964 bits per heavy atom. The van der Waals surface area contributed by atoms with E-state index in [0.29, 0.717) is 18.5 Å². The maximum Gasteiger partial charge on any atom is 0.322 e. The van der Waals surface area contributed by atoms with Gasteiger partial charge in [0.05, 0.1) is 6.54 Å². The summed E-state index contributed by atoms with van der Waals surface area (Å²) in [7, 11) is 0. The van der Waals surface area contributed by atoms with Gasteiger partial charge in [-0.15, -0.1) is 0 Å². The van der Waals surface area contributed by atoms with Crippen LogP contribution < -0.4 is 10.6 Å². The Kier molecular flexibility index (Phi) is 6.62. The Morgan fingerprint density at radius 2 is 1.64 bits per heavy atom. The van der Waals surface area contributed by atoms with Crippen molar-refractivity contribution in [3.63, 3.8) is 0 Å². The molecule has 2 aliphatic heterocycles. The topological polar surface area (TPSA) is 98.8 Å². The zero-order valence-corrected chi connectivity index (χ0v) is 15.9. The maximum atomic E-state index is 12.8. The highest BCUT2D eigenvalue weighted by molar-refractivity contribution is 6.05. The molecule has 8 heteroatoms. The van der Waals surface area contributed by atoms with Crippen LogP contribution in [0.1, 0.15) is 42.5 Å². The summed E-state index contributed by atoms with van der Waals surface area (Å²) in [6.07, 6.45) is 4.03. The Hall–Kier alpha value is -2.90. The largest absolute Gasteiger partial charge is 0.341 e. The first kappa shape index (κ1) is 19.9. The zero-order valence-electron chi connectivity index (χ0n) is 15.9. The van der Waals surface area contributed by atoms with Gasteiger partial charge in [-0.05, 0) is 44.2 Å². The second-order valence-electron chi connectivity index (χ2n) is 7.19. The summed E-state index contributed by atoms with van der Waals surface area (Å²) >= 11 is 0. The van der Waals surface area contributed by atoms with Gasteiger partial charge in [-0.3, -0.25) is 19.7 Å². The normalized spacial score (nSPS) is 19.9. The van der Waals surface area contributed by atoms with E-state index >= 15 is 0 Å². The third kappa shape index (κ3) is 5.09. The molecule has 0 aliphatic carbocycles. The molecule has 0 bridgehead atoms. The van der Waals surface area contributed by atoms with Gasteiger partial charge < -0.3 is 15.1 Å². The first-order chi connectivity index (χ1) is 13.5. The molecule has 0 aromatic heterocycles. The van der Waals surface area contributed by atoms with Gasteiger partial charge in [0, 0.05) is 25.2 Å². The number of amides is 5. The number of likely N-dealkylation sites (tertiary alicyclic amines) is 2. The van der Waals surface area contributed by atoms with Gasteiger partial charge in [0.2, 0.25) is 11.8 Å². The standard InChI is InChI=1S/C20H26N4O4/c25-17(23-11-6-7-12-23)14-24-13-5-4-10-16(19(24)27)21-20(28)22-18(26)15-8-2-1-3-9-15/h1-3,8-9,16H,4-7,10-14H2,(H2,21,22,26,28). The van der Waals surface area contributed by atoms with Crippen LogP contribution in [0.15, 0.2) is 30.3 Å². The summed E-state index contributed by atoms with van der Waals surface area (Å²) in [5.41, 5.74) is 0.364. The summed E-state index contributed by atoms with van der Waals surface area (Å²) in [5.74, 6) is -0.845. The SMILES string of the molecule is O=C(NC(=O)c1ccccc1)NC1CCCCN(CC(=O)N2CCCC2)C1=O. The number of nitrogens with one attached hydrogen (secondary N) is 2. The quantitative estimate of drug-likeness (QED) is 0.810. The lowest BCUT2D eigenvalue weighted by Gasteiger charge is -2.26. The van der Waals surface area contributed by atoms with Crippen molar-refractivity contribution in [2.45, 2.75) is 38.1 Å². The van der Waals surface area contributed by atoms with Crippen molar-refractivity contribution in [3.8, 4) is 0 Å². The Bertz CT molecular complexity index is 731. The van der Waals surface area contributed by atoms with E-state index in [9.17, 15) is 19.2 Å². The van der Waals surface area contributed by atoms with Crippen molar-refractivity contribution in [1.29, 1.82) is 0 Å². The fourth-order valence-corrected chi connectivity index (χ4v) is 3.59. The molecule has 3 rings (SSSR count). The van der Waals surface area contributed by atoms with Crippen LogP contribution in [0.2, 0.25) is 0 Å². The van der Waals surface area contributed by atoms with Crippen LogP contribution in [0.4, 0.5) is 4.79 Å². The van der Waals surface area contributed by atoms with Gasteiger partial charge in [0.15, 0.2) is 0 Å². The minimum Gasteiger partial charge on any atom is -0.341 e. The number of carbonyl (C=O) groups excluding carboxylic acids is 4. The van der Waals surface area contributed by atoms with Gasteiger partial charge >= 0.3 is 6.03 Å². The average Bonchev–Trinajstić information content (AvgIpc) is 3.19. The third-order valence-corrected chi connectivity index (χ3v) is 5.13. The lowest BCUT2D eigenvalue weighted by molar-refractivity contribution is -0.140. The smallest absolute Gasteiger partial charge is 0.322 e. The number of benzene rings is 1. The predicted octanol–water partition coefficient (Wildman–Crippen LogP) is 1.13. The zero-order chi connectivity index (χ0) is 19.9. The van der Waals surface area contributed by atoms with E-state index in [0.717, 1.165) is 38.8 Å². The Morgan fingerprint density at radius 3 is 2.36 bits per heavy atom. The van der Waals surface area contributed by atoms with Crippen molar-refractivity contribution >= 4 is 23.8 Å². The van der Waals surface area contributed by atoms with E-state index in [-0.39, 0.29) is 18.4 Å². The lowest BCUT2D eigenvalue weighted by atomic mass is 10.1. The van der Waals surface area contributed by atoms with Crippen LogP contribution in [-0.4, -0.2) is 65.8 Å². The molecule has 1 aromatic rings. The minimum atomic E-state index is -0.738. The van der Waals surface area contributed by atoms with E-state index in [1.54, 1.807) is 35.2 Å². The van der Waals surface area contributed by atoms with Crippen molar-refractivity contribution in [2.24, 2.45) is 0 Å². The van der Waals surface area contributed by atoms with E-state index < -0.39 is 18.0 Å². The Labute approximate surface area is 164 Å². The summed E-state index contributed by atoms with van der Waals surface area (Å²) in [6.45, 7) is 2.03. The summed E-state index contributed by atoms with van der Waals surface area (Å²) in [6, 6.07) is 6.95. The van der Waals surface area contributed by atoms with Gasteiger partial charge in [0.1, 0.15) is 6.04 Å². The van der Waals surface area contributed by atoms with Crippen LogP contribution in [-0.2, 0) is 9.59 Å². The highest BCUT2D eigenvalue weighted by Gasteiger charge is 2.31. The molecule has 2 aliphatic rings. The molecule has 1 atom stereocenters. The third-order valence-electron chi connectivity index (χ3n) is 5.13. The van der Waals surface area contributed by atoms with E-state index in [4.69, 9.17) is 0 Å². The first-order valence-electron chi connectivity index (χ1n) is 9.78. The van der Waals surface area contributed by atoms with Crippen LogP contribution >= 0.6 is 0 Å². The number of hydrogen-bond donors (Lipinski definition) is 2. The fourth-order valence-electron chi connectivity index (χ4n) is 3.59. The number of rotatable bonds is 4. The molecule has 28 heavy (non-hydrogen) atoms. The Balaban J connectivity index is 1.56. The molecule has 2 N–H and O–H groups in total. The molecule has 1 unspecified atom stereocenters. The molecular weight excluding hydrogens is 360 g/mol. The number of nitrogens with zero attached hydrogens (tertiary/aromatic N) is 2. The van der Waals surface area contributed by atoms with E-state index in [2.05, 4.69) is 10.6 Å². The number of hydrogen-bond acceptors (Lipinski definition) is 4. The van der Waals surface area contributed by atoms with E-state index in [1.807, 2.05) is 0 Å². The van der Waals surface area contributed by atoms with Crippen LogP contribution in [0.3, 0.4) is 0 Å². The molecular formula is C20H26N4O4. The second-order valence-corrected chi connectivity index (χ2v) is 7.19. The summed E-state index contributed by atoms with van der Waals surface area (Å²) < 4.78 is 0. The second kappa shape index (κ2) is 9.34. The molecule has 8 nitrogen and oxygen atoms in total. The van der Waals surface area contributed by atoms with Gasteiger partial charge in [0.25, 0.3) is 5.91 Å². The molecule has 5 amide bonds. The lowest BCUT2D eigenvalue weighted by Crippen LogP contribution is -2.53. The average molecular weight is 386 g/mol. The summed E-state index contributed by atoms with van der Waals surface area (Å²) in [5, 5.41) is 4.85. The fraction of sp³-hybridized carbons (Fsp3) is 0.500. The highest BCUT2D eigenvalue weighted by atomic mass is 16.2. The molecule has 0 radical (unpaired) electrons. The molecule has 2 fully saturated rings. The van der Waals surface area contributed by atoms with Crippen LogP contribution in [0.25, 0.3) is 0 Å². The summed E-state index contributed by atoms with van der Waals surface area (Å²) in [4.78, 5) is 52.8. The van der Waals surface area contributed by atoms with Crippen molar-refractivity contribution < 1.29 is 19.2 Å². The van der Waals surface area contributed by atoms with Gasteiger partial charge in [-0.2, -0.15) is 0 Å². The molecule has 150 valence electrons. The molecule has 2 heterocycles. The van der Waals surface area contributed by atoms with E-state index in [1.165, 1.54) is 4.90 Å². The monoisotopic (exact) mass is 386 g/mol. The van der Waals surface area contributed by atoms with Crippen molar-refractivity contribution in [1.82, 2.24) is 20.4 Å². The number of imide groups is 1.